The van der Waals surface area contributed by atoms with Gasteiger partial charge in [0.2, 0.25) is 11.8 Å². The summed E-state index contributed by atoms with van der Waals surface area (Å²) in [7, 11) is 3.17. The zero-order valence-corrected chi connectivity index (χ0v) is 17.0. The molecular weight excluding hydrogens is 380 g/mol. The van der Waals surface area contributed by atoms with Crippen LogP contribution in [-0.4, -0.2) is 32.6 Å². The van der Waals surface area contributed by atoms with Crippen molar-refractivity contribution >= 4 is 23.4 Å². The third-order valence-electron chi connectivity index (χ3n) is 4.22. The Labute approximate surface area is 170 Å². The summed E-state index contributed by atoms with van der Waals surface area (Å²) >= 11 is 5.91. The van der Waals surface area contributed by atoms with Gasteiger partial charge < -0.3 is 20.1 Å². The minimum atomic E-state index is -0.407. The summed E-state index contributed by atoms with van der Waals surface area (Å²) in [6, 6.07) is 12.3. The molecule has 28 heavy (non-hydrogen) atoms. The monoisotopic (exact) mass is 404 g/mol. The predicted molar refractivity (Wildman–Crippen MR) is 109 cm³/mol. The van der Waals surface area contributed by atoms with E-state index in [2.05, 4.69) is 10.6 Å². The smallest absolute Gasteiger partial charge is 0.222 e. The molecule has 1 unspecified atom stereocenters. The van der Waals surface area contributed by atoms with Crippen LogP contribution in [0.2, 0.25) is 5.02 Å². The van der Waals surface area contributed by atoms with Crippen LogP contribution in [0.15, 0.2) is 42.5 Å². The number of ether oxygens (including phenoxy) is 2. The zero-order chi connectivity index (χ0) is 20.5. The first kappa shape index (κ1) is 21.6. The largest absolute Gasteiger partial charge is 0.493 e. The van der Waals surface area contributed by atoms with Gasteiger partial charge in [0.05, 0.1) is 26.7 Å². The van der Waals surface area contributed by atoms with Gasteiger partial charge in [-0.3, -0.25) is 9.59 Å². The van der Waals surface area contributed by atoms with Crippen molar-refractivity contribution < 1.29 is 19.1 Å². The van der Waals surface area contributed by atoms with E-state index >= 15 is 0 Å². The maximum atomic E-state index is 12.4. The van der Waals surface area contributed by atoms with Gasteiger partial charge in [-0.25, -0.2) is 0 Å². The molecule has 2 aromatic carbocycles. The molecule has 0 bridgehead atoms. The Morgan fingerprint density at radius 2 is 1.71 bits per heavy atom. The molecule has 6 nitrogen and oxygen atoms in total. The minimum Gasteiger partial charge on any atom is -0.493 e. The van der Waals surface area contributed by atoms with Crippen LogP contribution in [0, 0.1) is 0 Å². The number of amides is 2. The third kappa shape index (κ3) is 6.46. The fourth-order valence-corrected chi connectivity index (χ4v) is 2.96. The van der Waals surface area contributed by atoms with E-state index in [9.17, 15) is 9.59 Å². The first-order chi connectivity index (χ1) is 13.4. The Bertz CT molecular complexity index is 809. The highest BCUT2D eigenvalue weighted by molar-refractivity contribution is 6.30. The van der Waals surface area contributed by atoms with E-state index in [0.29, 0.717) is 29.5 Å². The molecule has 0 radical (unpaired) electrons. The van der Waals surface area contributed by atoms with Crippen molar-refractivity contribution in [1.82, 2.24) is 10.6 Å². The topological polar surface area (TPSA) is 76.7 Å². The van der Waals surface area contributed by atoms with Crippen LogP contribution in [0.5, 0.6) is 11.5 Å². The van der Waals surface area contributed by atoms with Gasteiger partial charge in [-0.2, -0.15) is 0 Å². The van der Waals surface area contributed by atoms with Gasteiger partial charge in [-0.15, -0.1) is 0 Å². The van der Waals surface area contributed by atoms with Crippen molar-refractivity contribution in [3.8, 4) is 11.5 Å². The van der Waals surface area contributed by atoms with E-state index in [1.54, 1.807) is 38.5 Å². The summed E-state index contributed by atoms with van der Waals surface area (Å²) in [5, 5.41) is 6.30. The van der Waals surface area contributed by atoms with Crippen molar-refractivity contribution in [2.75, 3.05) is 20.8 Å². The second-order valence-corrected chi connectivity index (χ2v) is 6.73. The lowest BCUT2D eigenvalue weighted by molar-refractivity contribution is -0.122. The summed E-state index contributed by atoms with van der Waals surface area (Å²) in [4.78, 5) is 23.9. The van der Waals surface area contributed by atoms with Gasteiger partial charge in [0.1, 0.15) is 0 Å². The fourth-order valence-electron chi connectivity index (χ4n) is 2.83. The molecule has 0 aliphatic heterocycles. The van der Waals surface area contributed by atoms with Crippen molar-refractivity contribution in [3.05, 3.63) is 58.6 Å². The first-order valence-corrected chi connectivity index (χ1v) is 9.31. The molecule has 150 valence electrons. The van der Waals surface area contributed by atoms with E-state index < -0.39 is 6.04 Å². The summed E-state index contributed by atoms with van der Waals surface area (Å²) in [6.07, 6.45) is 0.797. The second-order valence-electron chi connectivity index (χ2n) is 6.30. The summed E-state index contributed by atoms with van der Waals surface area (Å²) in [5.41, 5.74) is 1.85. The van der Waals surface area contributed by atoms with Crippen LogP contribution in [0.4, 0.5) is 0 Å². The highest BCUT2D eigenvalue weighted by Crippen LogP contribution is 2.27. The molecule has 0 heterocycles. The SMILES string of the molecule is COc1ccc(CCNC(=O)CC(NC(C)=O)c2ccc(Cl)cc2)cc1OC. The van der Waals surface area contributed by atoms with Crippen LogP contribution in [0.3, 0.4) is 0 Å². The molecule has 7 heteroatoms. The number of carbonyl (C=O) groups excluding carboxylic acids is 2. The van der Waals surface area contributed by atoms with E-state index in [0.717, 1.165) is 11.1 Å². The highest BCUT2D eigenvalue weighted by atomic mass is 35.5. The van der Waals surface area contributed by atoms with Crippen molar-refractivity contribution in [3.63, 3.8) is 0 Å². The molecule has 0 fully saturated rings. The summed E-state index contributed by atoms with van der Waals surface area (Å²) < 4.78 is 10.5. The van der Waals surface area contributed by atoms with E-state index in [4.69, 9.17) is 21.1 Å². The quantitative estimate of drug-likeness (QED) is 0.672. The Kier molecular flexibility index (Phi) is 8.14. The van der Waals surface area contributed by atoms with Crippen LogP contribution in [-0.2, 0) is 16.0 Å². The van der Waals surface area contributed by atoms with Gasteiger partial charge in [-0.1, -0.05) is 29.8 Å². The summed E-state index contributed by atoms with van der Waals surface area (Å²) in [5.74, 6) is 0.975. The van der Waals surface area contributed by atoms with Gasteiger partial charge in [0.15, 0.2) is 11.5 Å². The molecule has 1 atom stereocenters. The zero-order valence-electron chi connectivity index (χ0n) is 16.3. The van der Waals surface area contributed by atoms with Crippen LogP contribution < -0.4 is 20.1 Å². The van der Waals surface area contributed by atoms with Crippen LogP contribution in [0.25, 0.3) is 0 Å². The summed E-state index contributed by atoms with van der Waals surface area (Å²) in [6.45, 7) is 1.90. The first-order valence-electron chi connectivity index (χ1n) is 8.93. The van der Waals surface area contributed by atoms with E-state index in [-0.39, 0.29) is 18.2 Å². The number of benzene rings is 2. The normalized spacial score (nSPS) is 11.4. The Balaban J connectivity index is 1.92. The molecule has 0 aliphatic carbocycles. The molecule has 2 rings (SSSR count). The lowest BCUT2D eigenvalue weighted by Crippen LogP contribution is -2.33. The number of carbonyl (C=O) groups is 2. The standard InChI is InChI=1S/C21H25ClN2O4/c1-14(25)24-18(16-5-7-17(22)8-6-16)13-21(26)23-11-10-15-4-9-19(27-2)20(12-15)28-3/h4-9,12,18H,10-11,13H2,1-3H3,(H,23,26)(H,24,25). The van der Waals surface area contributed by atoms with Gasteiger partial charge in [0.25, 0.3) is 0 Å². The average molecular weight is 405 g/mol. The maximum absolute atomic E-state index is 12.4. The van der Waals surface area contributed by atoms with Gasteiger partial charge >= 0.3 is 0 Å². The van der Waals surface area contributed by atoms with Crippen LogP contribution >= 0.6 is 11.6 Å². The van der Waals surface area contributed by atoms with Gasteiger partial charge in [-0.05, 0) is 41.8 Å². The van der Waals surface area contributed by atoms with Gasteiger partial charge in [0, 0.05) is 18.5 Å². The Morgan fingerprint density at radius 1 is 1.04 bits per heavy atom. The second kappa shape index (κ2) is 10.6. The fraction of sp³-hybridized carbons (Fsp3) is 0.333. The van der Waals surface area contributed by atoms with Crippen molar-refractivity contribution in [1.29, 1.82) is 0 Å². The molecule has 0 aromatic heterocycles. The number of rotatable bonds is 9. The average Bonchev–Trinajstić information content (AvgIpc) is 2.67. The van der Waals surface area contributed by atoms with Crippen LogP contribution in [0.1, 0.15) is 30.5 Å². The number of hydrogen-bond donors (Lipinski definition) is 2. The molecule has 2 aromatic rings. The lowest BCUT2D eigenvalue weighted by atomic mass is 10.0. The third-order valence-corrected chi connectivity index (χ3v) is 4.48. The highest BCUT2D eigenvalue weighted by Gasteiger charge is 2.17. The number of halogens is 1. The molecule has 2 amide bonds. The van der Waals surface area contributed by atoms with Crippen molar-refractivity contribution in [2.45, 2.75) is 25.8 Å². The maximum Gasteiger partial charge on any atom is 0.222 e. The molecule has 2 N–H and O–H groups in total. The van der Waals surface area contributed by atoms with E-state index in [1.807, 2.05) is 18.2 Å². The lowest BCUT2D eigenvalue weighted by Gasteiger charge is -2.18. The molecular formula is C21H25ClN2O4. The van der Waals surface area contributed by atoms with E-state index in [1.165, 1.54) is 6.92 Å². The number of nitrogens with one attached hydrogen (secondary N) is 2. The number of hydrogen-bond acceptors (Lipinski definition) is 4. The van der Waals surface area contributed by atoms with Crippen molar-refractivity contribution in [2.24, 2.45) is 0 Å². The molecule has 0 saturated heterocycles. The minimum absolute atomic E-state index is 0.144. The molecule has 0 saturated carbocycles. The Morgan fingerprint density at radius 3 is 2.32 bits per heavy atom. The molecule has 0 spiro atoms. The predicted octanol–water partition coefficient (Wildman–Crippen LogP) is 3.28. The number of methoxy groups -OCH3 is 2. The Hall–Kier alpha value is -2.73. The molecule has 0 aliphatic rings.